The number of rotatable bonds is 4. The summed E-state index contributed by atoms with van der Waals surface area (Å²) in [4.78, 5) is 17.5. The lowest BCUT2D eigenvalue weighted by molar-refractivity contribution is 0.0633. The number of carbonyl (C=O) groups is 1. The number of nitrogens with zero attached hydrogens (tertiary/aromatic N) is 2. The molecule has 1 amide bonds. The highest BCUT2D eigenvalue weighted by Gasteiger charge is 2.23. The van der Waals surface area contributed by atoms with E-state index in [-0.39, 0.29) is 23.3 Å². The zero-order valence-corrected chi connectivity index (χ0v) is 16.3. The summed E-state index contributed by atoms with van der Waals surface area (Å²) in [5.41, 5.74) is 0.879. The van der Waals surface area contributed by atoms with Gasteiger partial charge in [-0.15, -0.1) is 11.3 Å². The number of fused-ring (bicyclic) bond motifs is 1. The molecule has 0 spiro atoms. The zero-order chi connectivity index (χ0) is 19.7. The molecule has 7 heteroatoms. The molecule has 4 nitrogen and oxygen atoms in total. The lowest BCUT2D eigenvalue weighted by atomic mass is 10.1. The van der Waals surface area contributed by atoms with E-state index in [0.717, 1.165) is 28.7 Å². The van der Waals surface area contributed by atoms with Gasteiger partial charge < -0.3 is 9.64 Å². The molecule has 2 heterocycles. The van der Waals surface area contributed by atoms with Crippen LogP contribution in [0.2, 0.25) is 0 Å². The predicted molar refractivity (Wildman–Crippen MR) is 106 cm³/mol. The van der Waals surface area contributed by atoms with Crippen LogP contribution < -0.4 is 4.74 Å². The van der Waals surface area contributed by atoms with Crippen molar-refractivity contribution in [2.45, 2.75) is 6.54 Å². The maximum absolute atomic E-state index is 13.9. The third-order valence-electron chi connectivity index (χ3n) is 4.97. The molecule has 4 rings (SSSR count). The summed E-state index contributed by atoms with van der Waals surface area (Å²) in [6.45, 7) is 3.29. The number of amides is 1. The molecule has 0 N–H and O–H groups in total. The van der Waals surface area contributed by atoms with E-state index in [4.69, 9.17) is 4.74 Å². The van der Waals surface area contributed by atoms with E-state index in [1.807, 2.05) is 11.0 Å². The van der Waals surface area contributed by atoms with Gasteiger partial charge in [-0.1, -0.05) is 6.07 Å². The first-order chi connectivity index (χ1) is 13.5. The molecular formula is C21H20F2N2O2S. The number of piperazine rings is 1. The standard InChI is InChI=1S/C21H20F2N2O2S/c1-27-18-4-2-14(10-17(18)23)13-24-6-8-25(9-7-24)21(26)20-12-15-11-16(22)3-5-19(15)28-20/h2-5,10-12H,6-9,13H2,1H3. The highest BCUT2D eigenvalue weighted by Crippen LogP contribution is 2.27. The van der Waals surface area contributed by atoms with Crippen LogP contribution in [0.3, 0.4) is 0 Å². The Morgan fingerprint density at radius 3 is 2.57 bits per heavy atom. The maximum Gasteiger partial charge on any atom is 0.264 e. The van der Waals surface area contributed by atoms with Crippen LogP contribution >= 0.6 is 11.3 Å². The minimum absolute atomic E-state index is 0.0169. The van der Waals surface area contributed by atoms with Crippen molar-refractivity contribution in [2.75, 3.05) is 33.3 Å². The molecule has 2 aromatic carbocycles. The lowest BCUT2D eigenvalue weighted by Gasteiger charge is -2.34. The van der Waals surface area contributed by atoms with Crippen LogP contribution in [-0.4, -0.2) is 49.0 Å². The molecule has 0 bridgehead atoms. The second-order valence-electron chi connectivity index (χ2n) is 6.83. The van der Waals surface area contributed by atoms with E-state index < -0.39 is 0 Å². The fourth-order valence-electron chi connectivity index (χ4n) is 3.45. The van der Waals surface area contributed by atoms with Gasteiger partial charge in [-0.25, -0.2) is 8.78 Å². The number of benzene rings is 2. The molecule has 1 aliphatic rings. The Morgan fingerprint density at radius 1 is 1.07 bits per heavy atom. The van der Waals surface area contributed by atoms with E-state index in [0.29, 0.717) is 24.5 Å². The first kappa shape index (κ1) is 18.8. The highest BCUT2D eigenvalue weighted by molar-refractivity contribution is 7.20. The Kier molecular flexibility index (Phi) is 5.28. The predicted octanol–water partition coefficient (Wildman–Crippen LogP) is 4.15. The highest BCUT2D eigenvalue weighted by atomic mass is 32.1. The molecule has 0 atom stereocenters. The van der Waals surface area contributed by atoms with Crippen LogP contribution in [0.25, 0.3) is 10.1 Å². The molecule has 3 aromatic rings. The number of carbonyl (C=O) groups excluding carboxylic acids is 1. The summed E-state index contributed by atoms with van der Waals surface area (Å²) in [6.07, 6.45) is 0. The number of halogens is 2. The summed E-state index contributed by atoms with van der Waals surface area (Å²) in [5.74, 6) is -0.443. The van der Waals surface area contributed by atoms with Gasteiger partial charge in [0.25, 0.3) is 5.91 Å². The van der Waals surface area contributed by atoms with Crippen LogP contribution in [0.15, 0.2) is 42.5 Å². The molecule has 0 unspecified atom stereocenters. The molecule has 28 heavy (non-hydrogen) atoms. The minimum atomic E-state index is -0.366. The molecule has 0 radical (unpaired) electrons. The number of ether oxygens (including phenoxy) is 1. The normalized spacial score (nSPS) is 15.2. The van der Waals surface area contributed by atoms with Gasteiger partial charge in [0.15, 0.2) is 11.6 Å². The second kappa shape index (κ2) is 7.85. The number of methoxy groups -OCH3 is 1. The minimum Gasteiger partial charge on any atom is -0.494 e. The van der Waals surface area contributed by atoms with Crippen molar-refractivity contribution in [2.24, 2.45) is 0 Å². The summed E-state index contributed by atoms with van der Waals surface area (Å²) in [6, 6.07) is 11.3. The fraction of sp³-hybridized carbons (Fsp3) is 0.286. The van der Waals surface area contributed by atoms with Crippen molar-refractivity contribution in [3.63, 3.8) is 0 Å². The van der Waals surface area contributed by atoms with Crippen LogP contribution in [0.1, 0.15) is 15.2 Å². The first-order valence-corrected chi connectivity index (χ1v) is 9.88. The van der Waals surface area contributed by atoms with Crippen LogP contribution in [0.5, 0.6) is 5.75 Å². The smallest absolute Gasteiger partial charge is 0.264 e. The molecule has 1 aliphatic heterocycles. The monoisotopic (exact) mass is 402 g/mol. The number of hydrogen-bond donors (Lipinski definition) is 0. The average Bonchev–Trinajstić information content (AvgIpc) is 3.11. The van der Waals surface area contributed by atoms with Crippen molar-refractivity contribution in [1.29, 1.82) is 0 Å². The van der Waals surface area contributed by atoms with Crippen molar-refractivity contribution >= 4 is 27.3 Å². The lowest BCUT2D eigenvalue weighted by Crippen LogP contribution is -2.48. The third kappa shape index (κ3) is 3.86. The van der Waals surface area contributed by atoms with E-state index in [9.17, 15) is 13.6 Å². The van der Waals surface area contributed by atoms with Gasteiger partial charge in [0.1, 0.15) is 5.82 Å². The topological polar surface area (TPSA) is 32.8 Å². The van der Waals surface area contributed by atoms with E-state index in [1.54, 1.807) is 18.2 Å². The molecule has 1 aromatic heterocycles. The van der Waals surface area contributed by atoms with Crippen LogP contribution in [0.4, 0.5) is 8.78 Å². The zero-order valence-electron chi connectivity index (χ0n) is 15.5. The summed E-state index contributed by atoms with van der Waals surface area (Å²) >= 11 is 1.39. The van der Waals surface area contributed by atoms with Crippen molar-refractivity contribution < 1.29 is 18.3 Å². The van der Waals surface area contributed by atoms with E-state index in [1.165, 1.54) is 36.6 Å². The third-order valence-corrected chi connectivity index (χ3v) is 6.08. The van der Waals surface area contributed by atoms with Crippen molar-refractivity contribution in [3.05, 3.63) is 64.5 Å². The molecule has 1 saturated heterocycles. The molecule has 0 saturated carbocycles. The quantitative estimate of drug-likeness (QED) is 0.657. The van der Waals surface area contributed by atoms with Gasteiger partial charge in [0.05, 0.1) is 12.0 Å². The van der Waals surface area contributed by atoms with Crippen LogP contribution in [0, 0.1) is 11.6 Å². The largest absolute Gasteiger partial charge is 0.494 e. The molecule has 1 fully saturated rings. The number of thiophene rings is 1. The Balaban J connectivity index is 1.37. The van der Waals surface area contributed by atoms with Crippen molar-refractivity contribution in [1.82, 2.24) is 9.80 Å². The Hall–Kier alpha value is -2.51. The Morgan fingerprint density at radius 2 is 1.86 bits per heavy atom. The molecule has 146 valence electrons. The Bertz CT molecular complexity index is 1010. The fourth-order valence-corrected chi connectivity index (χ4v) is 4.46. The van der Waals surface area contributed by atoms with Gasteiger partial charge in [-0.05, 0) is 47.3 Å². The summed E-state index contributed by atoms with van der Waals surface area (Å²) in [7, 11) is 1.45. The van der Waals surface area contributed by atoms with Gasteiger partial charge >= 0.3 is 0 Å². The van der Waals surface area contributed by atoms with E-state index >= 15 is 0 Å². The summed E-state index contributed by atoms with van der Waals surface area (Å²) in [5, 5.41) is 0.758. The van der Waals surface area contributed by atoms with Gasteiger partial charge in [-0.3, -0.25) is 9.69 Å². The second-order valence-corrected chi connectivity index (χ2v) is 7.91. The maximum atomic E-state index is 13.9. The SMILES string of the molecule is COc1ccc(CN2CCN(C(=O)c3cc4cc(F)ccc4s3)CC2)cc1F. The van der Waals surface area contributed by atoms with Gasteiger partial charge in [-0.2, -0.15) is 0 Å². The average molecular weight is 402 g/mol. The number of hydrogen-bond acceptors (Lipinski definition) is 4. The van der Waals surface area contributed by atoms with E-state index in [2.05, 4.69) is 4.90 Å². The first-order valence-electron chi connectivity index (χ1n) is 9.06. The molecular weight excluding hydrogens is 382 g/mol. The Labute approximate surface area is 165 Å². The molecule has 0 aliphatic carbocycles. The van der Waals surface area contributed by atoms with Gasteiger partial charge in [0.2, 0.25) is 0 Å². The summed E-state index contributed by atoms with van der Waals surface area (Å²) < 4.78 is 33.1. The van der Waals surface area contributed by atoms with Crippen LogP contribution in [-0.2, 0) is 6.54 Å². The van der Waals surface area contributed by atoms with Crippen molar-refractivity contribution in [3.8, 4) is 5.75 Å². The van der Waals surface area contributed by atoms with Gasteiger partial charge in [0, 0.05) is 37.4 Å².